The number of aromatic nitrogens is 3. The highest BCUT2D eigenvalue weighted by atomic mass is 19.1. The summed E-state index contributed by atoms with van der Waals surface area (Å²) in [6, 6.07) is 22.7. The maximum Gasteiger partial charge on any atom is 0.278 e. The molecule has 1 amide bonds. The molecular weight excluding hydrogens is 417 g/mol. The van der Waals surface area contributed by atoms with E-state index in [1.54, 1.807) is 23.7 Å². The molecule has 0 saturated heterocycles. The quantitative estimate of drug-likeness (QED) is 0.495. The molecule has 0 radical (unpaired) electrons. The molecule has 6 nitrogen and oxygen atoms in total. The molecule has 1 aliphatic heterocycles. The Balaban J connectivity index is 1.38. The third kappa shape index (κ3) is 4.27. The Morgan fingerprint density at radius 3 is 2.64 bits per heavy atom. The van der Waals surface area contributed by atoms with E-state index >= 15 is 0 Å². The third-order valence-corrected chi connectivity index (χ3v) is 6.03. The molecule has 166 valence electrons. The molecule has 2 heterocycles. The molecule has 0 saturated carbocycles. The van der Waals surface area contributed by atoms with Gasteiger partial charge in [0.1, 0.15) is 5.82 Å². The number of nitrogens with zero attached hydrogens (tertiary/aromatic N) is 4. The van der Waals surface area contributed by atoms with Crippen LogP contribution >= 0.6 is 0 Å². The molecule has 0 unspecified atom stereocenters. The highest BCUT2D eigenvalue weighted by Crippen LogP contribution is 2.27. The lowest BCUT2D eigenvalue weighted by atomic mass is 9.97. The van der Waals surface area contributed by atoms with Crippen molar-refractivity contribution in [2.45, 2.75) is 26.4 Å². The first-order valence-electron chi connectivity index (χ1n) is 11.0. The SMILES string of the molecule is Cc1c(C(=O)Nc2ccccc2F)nnn1-c1cccc2c1CCN(Cc1ccccc1)C2. The van der Waals surface area contributed by atoms with Crippen molar-refractivity contribution in [3.05, 3.63) is 107 Å². The summed E-state index contributed by atoms with van der Waals surface area (Å²) >= 11 is 0. The van der Waals surface area contributed by atoms with Crippen LogP contribution in [0.1, 0.15) is 32.9 Å². The zero-order valence-electron chi connectivity index (χ0n) is 18.3. The van der Waals surface area contributed by atoms with Crippen molar-refractivity contribution in [3.63, 3.8) is 0 Å². The van der Waals surface area contributed by atoms with E-state index in [9.17, 15) is 9.18 Å². The van der Waals surface area contributed by atoms with Crippen LogP contribution in [0.5, 0.6) is 0 Å². The Kier molecular flexibility index (Phi) is 5.71. The summed E-state index contributed by atoms with van der Waals surface area (Å²) in [7, 11) is 0. The first kappa shape index (κ1) is 21.0. The van der Waals surface area contributed by atoms with Crippen molar-refractivity contribution in [2.75, 3.05) is 11.9 Å². The smallest absolute Gasteiger partial charge is 0.278 e. The summed E-state index contributed by atoms with van der Waals surface area (Å²) in [5.41, 5.74) is 5.61. The van der Waals surface area contributed by atoms with E-state index in [1.165, 1.54) is 28.8 Å². The van der Waals surface area contributed by atoms with Crippen LogP contribution < -0.4 is 5.32 Å². The summed E-state index contributed by atoms with van der Waals surface area (Å²) in [5.74, 6) is -0.976. The minimum Gasteiger partial charge on any atom is -0.318 e. The van der Waals surface area contributed by atoms with Gasteiger partial charge in [-0.25, -0.2) is 9.07 Å². The Hall–Kier alpha value is -3.84. The van der Waals surface area contributed by atoms with Gasteiger partial charge in [-0.2, -0.15) is 0 Å². The molecule has 0 atom stereocenters. The molecule has 1 aliphatic rings. The van der Waals surface area contributed by atoms with Crippen LogP contribution in [-0.2, 0) is 19.5 Å². The van der Waals surface area contributed by atoms with Gasteiger partial charge in [0, 0.05) is 19.6 Å². The summed E-state index contributed by atoms with van der Waals surface area (Å²) in [4.78, 5) is 15.2. The van der Waals surface area contributed by atoms with Gasteiger partial charge < -0.3 is 5.32 Å². The highest BCUT2D eigenvalue weighted by Gasteiger charge is 2.23. The minimum atomic E-state index is -0.493. The van der Waals surface area contributed by atoms with Crippen molar-refractivity contribution < 1.29 is 9.18 Å². The van der Waals surface area contributed by atoms with Crippen LogP contribution in [0.3, 0.4) is 0 Å². The monoisotopic (exact) mass is 441 g/mol. The number of hydrogen-bond donors (Lipinski definition) is 1. The van der Waals surface area contributed by atoms with Gasteiger partial charge in [-0.3, -0.25) is 9.69 Å². The predicted molar refractivity (Wildman–Crippen MR) is 125 cm³/mol. The van der Waals surface area contributed by atoms with E-state index in [4.69, 9.17) is 0 Å². The van der Waals surface area contributed by atoms with Gasteiger partial charge in [-0.05, 0) is 48.2 Å². The third-order valence-electron chi connectivity index (χ3n) is 6.03. The second-order valence-corrected chi connectivity index (χ2v) is 8.23. The number of carbonyl (C=O) groups excluding carboxylic acids is 1. The average molecular weight is 442 g/mol. The number of benzene rings is 3. The van der Waals surface area contributed by atoms with E-state index in [2.05, 4.69) is 50.9 Å². The fourth-order valence-electron chi connectivity index (χ4n) is 4.33. The van der Waals surface area contributed by atoms with Crippen molar-refractivity contribution >= 4 is 11.6 Å². The maximum absolute atomic E-state index is 13.9. The number of rotatable bonds is 5. The summed E-state index contributed by atoms with van der Waals surface area (Å²) in [5, 5.41) is 11.0. The number of hydrogen-bond acceptors (Lipinski definition) is 4. The standard InChI is InChI=1S/C26H24FN5O/c1-18-25(26(33)28-23-12-6-5-11-22(23)27)29-30-32(18)24-13-7-10-20-17-31(15-14-21(20)24)16-19-8-3-2-4-9-19/h2-13H,14-17H2,1H3,(H,28,33). The van der Waals surface area contributed by atoms with Crippen LogP contribution in [0.4, 0.5) is 10.1 Å². The number of nitrogens with one attached hydrogen (secondary N) is 1. The summed E-state index contributed by atoms with van der Waals surface area (Å²) < 4.78 is 15.6. The molecule has 1 N–H and O–H groups in total. The molecule has 0 fully saturated rings. The van der Waals surface area contributed by atoms with E-state index in [0.717, 1.165) is 31.7 Å². The molecule has 3 aromatic carbocycles. The van der Waals surface area contributed by atoms with E-state index in [1.807, 2.05) is 18.2 Å². The summed E-state index contributed by atoms with van der Waals surface area (Å²) in [6.45, 7) is 4.51. The van der Waals surface area contributed by atoms with Crippen molar-refractivity contribution in [1.29, 1.82) is 0 Å². The molecule has 0 aliphatic carbocycles. The molecule has 4 aromatic rings. The Bertz CT molecular complexity index is 1300. The zero-order valence-corrected chi connectivity index (χ0v) is 18.3. The highest BCUT2D eigenvalue weighted by molar-refractivity contribution is 6.03. The first-order chi connectivity index (χ1) is 16.1. The number of amides is 1. The molecule has 0 bridgehead atoms. The lowest BCUT2D eigenvalue weighted by Crippen LogP contribution is -2.30. The van der Waals surface area contributed by atoms with E-state index < -0.39 is 11.7 Å². The number of para-hydroxylation sites is 1. The summed E-state index contributed by atoms with van der Waals surface area (Å²) in [6.07, 6.45) is 0.883. The normalized spacial score (nSPS) is 13.5. The maximum atomic E-state index is 13.9. The van der Waals surface area contributed by atoms with Crippen molar-refractivity contribution in [2.24, 2.45) is 0 Å². The van der Waals surface area contributed by atoms with Crippen LogP contribution in [0, 0.1) is 12.7 Å². The lowest BCUT2D eigenvalue weighted by molar-refractivity contribution is 0.102. The molecule has 5 rings (SSSR count). The van der Waals surface area contributed by atoms with E-state index in [-0.39, 0.29) is 11.4 Å². The van der Waals surface area contributed by atoms with Gasteiger partial charge in [0.25, 0.3) is 5.91 Å². The van der Waals surface area contributed by atoms with Crippen molar-refractivity contribution in [1.82, 2.24) is 19.9 Å². The largest absolute Gasteiger partial charge is 0.318 e. The van der Waals surface area contributed by atoms with Gasteiger partial charge in [0.05, 0.1) is 17.1 Å². The van der Waals surface area contributed by atoms with Crippen molar-refractivity contribution in [3.8, 4) is 5.69 Å². The van der Waals surface area contributed by atoms with Gasteiger partial charge in [-0.1, -0.05) is 59.8 Å². The predicted octanol–water partition coefficient (Wildman–Crippen LogP) is 4.53. The number of anilines is 1. The van der Waals surface area contributed by atoms with Crippen LogP contribution in [0.25, 0.3) is 5.69 Å². The number of fused-ring (bicyclic) bond motifs is 1. The van der Waals surface area contributed by atoms with Gasteiger partial charge in [0.15, 0.2) is 5.69 Å². The van der Waals surface area contributed by atoms with Gasteiger partial charge in [-0.15, -0.1) is 5.10 Å². The average Bonchev–Trinajstić information content (AvgIpc) is 3.22. The van der Waals surface area contributed by atoms with Crippen LogP contribution in [-0.4, -0.2) is 32.3 Å². The Labute approximate surface area is 191 Å². The zero-order chi connectivity index (χ0) is 22.8. The second kappa shape index (κ2) is 8.96. The second-order valence-electron chi connectivity index (χ2n) is 8.23. The molecular formula is C26H24FN5O. The molecule has 7 heteroatoms. The minimum absolute atomic E-state index is 0.118. The number of halogens is 1. The van der Waals surface area contributed by atoms with Crippen LogP contribution in [0.2, 0.25) is 0 Å². The number of carbonyl (C=O) groups is 1. The molecule has 1 aromatic heterocycles. The fraction of sp³-hybridized carbons (Fsp3) is 0.192. The molecule has 0 spiro atoms. The van der Waals surface area contributed by atoms with Gasteiger partial charge in [0.2, 0.25) is 0 Å². The fourth-order valence-corrected chi connectivity index (χ4v) is 4.33. The van der Waals surface area contributed by atoms with Gasteiger partial charge >= 0.3 is 0 Å². The Morgan fingerprint density at radius 1 is 1.03 bits per heavy atom. The van der Waals surface area contributed by atoms with Crippen LogP contribution in [0.15, 0.2) is 72.8 Å². The Morgan fingerprint density at radius 2 is 1.82 bits per heavy atom. The molecule has 33 heavy (non-hydrogen) atoms. The topological polar surface area (TPSA) is 63.1 Å². The lowest BCUT2D eigenvalue weighted by Gasteiger charge is -2.30. The van der Waals surface area contributed by atoms with E-state index in [0.29, 0.717) is 5.69 Å². The first-order valence-corrected chi connectivity index (χ1v) is 11.0.